The summed E-state index contributed by atoms with van der Waals surface area (Å²) in [4.78, 5) is 27.2. The van der Waals surface area contributed by atoms with E-state index in [-0.39, 0.29) is 16.3 Å². The molecule has 0 radical (unpaired) electrons. The van der Waals surface area contributed by atoms with Gasteiger partial charge < -0.3 is 9.73 Å². The van der Waals surface area contributed by atoms with Crippen molar-refractivity contribution in [3.05, 3.63) is 86.9 Å². The van der Waals surface area contributed by atoms with Crippen LogP contribution < -0.4 is 5.32 Å². The maximum atomic E-state index is 12.5. The van der Waals surface area contributed by atoms with Gasteiger partial charge in [0.1, 0.15) is 5.52 Å². The highest BCUT2D eigenvalue weighted by Crippen LogP contribution is 2.28. The molecule has 0 unspecified atom stereocenters. The summed E-state index contributed by atoms with van der Waals surface area (Å²) in [5.41, 5.74) is 3.60. The molecule has 29 heavy (non-hydrogen) atoms. The van der Waals surface area contributed by atoms with Gasteiger partial charge >= 0.3 is 0 Å². The molecule has 0 spiro atoms. The Labute approximate surface area is 170 Å². The van der Waals surface area contributed by atoms with Gasteiger partial charge in [0, 0.05) is 23.4 Å². The molecule has 0 atom stereocenters. The van der Waals surface area contributed by atoms with Crippen molar-refractivity contribution >= 4 is 40.0 Å². The minimum Gasteiger partial charge on any atom is -0.436 e. The predicted molar refractivity (Wildman–Crippen MR) is 110 cm³/mol. The van der Waals surface area contributed by atoms with Gasteiger partial charge in [-0.3, -0.25) is 14.9 Å². The Morgan fingerprint density at radius 1 is 1.14 bits per heavy atom. The fourth-order valence-corrected chi connectivity index (χ4v) is 3.17. The number of anilines is 1. The van der Waals surface area contributed by atoms with Crippen molar-refractivity contribution in [2.45, 2.75) is 6.92 Å². The first kappa shape index (κ1) is 18.6. The lowest BCUT2D eigenvalue weighted by atomic mass is 10.1. The smallest absolute Gasteiger partial charge is 0.270 e. The van der Waals surface area contributed by atoms with Crippen molar-refractivity contribution < 1.29 is 14.1 Å². The van der Waals surface area contributed by atoms with Crippen LogP contribution >= 0.6 is 11.6 Å². The lowest BCUT2D eigenvalue weighted by molar-refractivity contribution is -0.384. The maximum absolute atomic E-state index is 12.5. The molecule has 7 nitrogen and oxygen atoms in total. The number of non-ortho nitro benzene ring substituents is 1. The molecule has 0 fully saturated rings. The van der Waals surface area contributed by atoms with Crippen LogP contribution in [-0.4, -0.2) is 15.8 Å². The highest BCUT2D eigenvalue weighted by atomic mass is 35.5. The summed E-state index contributed by atoms with van der Waals surface area (Å²) in [6.45, 7) is 1.99. The lowest BCUT2D eigenvalue weighted by Crippen LogP contribution is -2.12. The van der Waals surface area contributed by atoms with Gasteiger partial charge in [-0.1, -0.05) is 29.3 Å². The molecular weight excluding hydrogens is 394 g/mol. The van der Waals surface area contributed by atoms with Gasteiger partial charge in [0.25, 0.3) is 11.6 Å². The number of carbonyl (C=O) groups is 1. The number of benzene rings is 3. The van der Waals surface area contributed by atoms with Crippen LogP contribution in [0.1, 0.15) is 15.9 Å². The number of nitrogens with zero attached hydrogens (tertiary/aromatic N) is 2. The van der Waals surface area contributed by atoms with E-state index in [1.54, 1.807) is 18.2 Å². The molecule has 1 N–H and O–H groups in total. The number of rotatable bonds is 4. The predicted octanol–water partition coefficient (Wildman–Crippen LogP) is 5.62. The third-order valence-corrected chi connectivity index (χ3v) is 4.63. The summed E-state index contributed by atoms with van der Waals surface area (Å²) in [5.74, 6) is 0.0113. The van der Waals surface area contributed by atoms with Crippen molar-refractivity contribution in [1.82, 2.24) is 4.98 Å². The van der Waals surface area contributed by atoms with E-state index in [4.69, 9.17) is 16.0 Å². The Bertz CT molecular complexity index is 1270. The third-order valence-electron chi connectivity index (χ3n) is 4.32. The number of fused-ring (bicyclic) bond motifs is 1. The average Bonchev–Trinajstić information content (AvgIpc) is 3.11. The van der Waals surface area contributed by atoms with Crippen LogP contribution in [0, 0.1) is 17.0 Å². The van der Waals surface area contributed by atoms with Gasteiger partial charge in [0.15, 0.2) is 5.58 Å². The Balaban J connectivity index is 1.60. The largest absolute Gasteiger partial charge is 0.436 e. The number of oxazole rings is 1. The number of aromatic nitrogens is 1. The van der Waals surface area contributed by atoms with Crippen molar-refractivity contribution in [2.75, 3.05) is 5.32 Å². The number of hydrogen-bond acceptors (Lipinski definition) is 5. The molecule has 4 aromatic rings. The Morgan fingerprint density at radius 3 is 2.69 bits per heavy atom. The molecule has 0 saturated heterocycles. The molecule has 0 aliphatic heterocycles. The summed E-state index contributed by atoms with van der Waals surface area (Å²) in [6, 6.07) is 16.6. The lowest BCUT2D eigenvalue weighted by Gasteiger charge is -2.06. The van der Waals surface area contributed by atoms with Gasteiger partial charge in [-0.25, -0.2) is 4.98 Å². The number of amides is 1. The first-order valence-corrected chi connectivity index (χ1v) is 9.01. The van der Waals surface area contributed by atoms with E-state index in [1.165, 1.54) is 12.1 Å². The second kappa shape index (κ2) is 7.37. The number of aryl methyl sites for hydroxylation is 1. The molecule has 0 bridgehead atoms. The summed E-state index contributed by atoms with van der Waals surface area (Å²) < 4.78 is 5.80. The number of nitrogens with one attached hydrogen (secondary N) is 1. The van der Waals surface area contributed by atoms with Crippen LogP contribution in [0.2, 0.25) is 5.02 Å². The molecule has 4 rings (SSSR count). The van der Waals surface area contributed by atoms with Crippen LogP contribution in [0.4, 0.5) is 11.4 Å². The number of halogens is 1. The molecule has 0 aliphatic rings. The first-order chi connectivity index (χ1) is 13.9. The zero-order valence-corrected chi connectivity index (χ0v) is 15.9. The SMILES string of the molecule is Cc1cccc(-c2nc3cc(NC(=O)c4ccc([N+](=O)[O-])cc4Cl)ccc3o2)c1. The fourth-order valence-electron chi connectivity index (χ4n) is 2.91. The molecule has 1 heterocycles. The summed E-state index contributed by atoms with van der Waals surface area (Å²) in [6.07, 6.45) is 0. The fraction of sp³-hybridized carbons (Fsp3) is 0.0476. The van der Waals surface area contributed by atoms with E-state index in [9.17, 15) is 14.9 Å². The Hall–Kier alpha value is -3.71. The number of nitro groups is 1. The molecule has 144 valence electrons. The van der Waals surface area contributed by atoms with E-state index >= 15 is 0 Å². The van der Waals surface area contributed by atoms with E-state index in [1.807, 2.05) is 31.2 Å². The van der Waals surface area contributed by atoms with E-state index in [0.29, 0.717) is 22.7 Å². The Kier molecular flexibility index (Phi) is 4.74. The number of carbonyl (C=O) groups excluding carboxylic acids is 1. The number of nitro benzene ring substituents is 1. The van der Waals surface area contributed by atoms with E-state index in [0.717, 1.165) is 17.2 Å². The third kappa shape index (κ3) is 3.81. The quantitative estimate of drug-likeness (QED) is 0.350. The van der Waals surface area contributed by atoms with Crippen LogP contribution in [0.5, 0.6) is 0 Å². The van der Waals surface area contributed by atoms with Crippen molar-refractivity contribution in [3.63, 3.8) is 0 Å². The van der Waals surface area contributed by atoms with Crippen LogP contribution in [0.25, 0.3) is 22.6 Å². The zero-order valence-electron chi connectivity index (χ0n) is 15.2. The molecule has 0 aliphatic carbocycles. The molecule has 0 saturated carbocycles. The maximum Gasteiger partial charge on any atom is 0.270 e. The topological polar surface area (TPSA) is 98.3 Å². The van der Waals surface area contributed by atoms with Crippen LogP contribution in [-0.2, 0) is 0 Å². The summed E-state index contributed by atoms with van der Waals surface area (Å²) >= 11 is 6.02. The zero-order chi connectivity index (χ0) is 20.5. The monoisotopic (exact) mass is 407 g/mol. The highest BCUT2D eigenvalue weighted by Gasteiger charge is 2.16. The normalized spacial score (nSPS) is 10.8. The Morgan fingerprint density at radius 2 is 1.97 bits per heavy atom. The van der Waals surface area contributed by atoms with Gasteiger partial charge in [-0.05, 0) is 43.3 Å². The first-order valence-electron chi connectivity index (χ1n) is 8.63. The second-order valence-corrected chi connectivity index (χ2v) is 6.85. The van der Waals surface area contributed by atoms with Gasteiger partial charge in [0.05, 0.1) is 15.5 Å². The van der Waals surface area contributed by atoms with Crippen molar-refractivity contribution in [2.24, 2.45) is 0 Å². The number of hydrogen-bond donors (Lipinski definition) is 1. The van der Waals surface area contributed by atoms with Crippen LogP contribution in [0.15, 0.2) is 65.1 Å². The summed E-state index contributed by atoms with van der Waals surface area (Å²) in [7, 11) is 0. The van der Waals surface area contributed by atoms with Crippen LogP contribution in [0.3, 0.4) is 0 Å². The minimum atomic E-state index is -0.572. The molecule has 1 amide bonds. The molecule has 8 heteroatoms. The van der Waals surface area contributed by atoms with E-state index in [2.05, 4.69) is 10.3 Å². The van der Waals surface area contributed by atoms with Gasteiger partial charge in [-0.15, -0.1) is 0 Å². The van der Waals surface area contributed by atoms with Crippen molar-refractivity contribution in [3.8, 4) is 11.5 Å². The van der Waals surface area contributed by atoms with E-state index < -0.39 is 10.8 Å². The summed E-state index contributed by atoms with van der Waals surface area (Å²) in [5, 5.41) is 13.5. The second-order valence-electron chi connectivity index (χ2n) is 6.45. The van der Waals surface area contributed by atoms with Gasteiger partial charge in [0.2, 0.25) is 5.89 Å². The standard InChI is InChI=1S/C21H14ClN3O4/c1-12-3-2-4-13(9-12)21-24-18-10-14(5-8-19(18)29-21)23-20(26)16-7-6-15(25(27)28)11-17(16)22/h2-11H,1H3,(H,23,26). The molecule has 3 aromatic carbocycles. The highest BCUT2D eigenvalue weighted by molar-refractivity contribution is 6.34. The van der Waals surface area contributed by atoms with Crippen molar-refractivity contribution in [1.29, 1.82) is 0 Å². The molecular formula is C21H14ClN3O4. The van der Waals surface area contributed by atoms with Gasteiger partial charge in [-0.2, -0.15) is 0 Å². The average molecular weight is 408 g/mol. The molecule has 1 aromatic heterocycles. The minimum absolute atomic E-state index is 0.000878.